The lowest BCUT2D eigenvalue weighted by atomic mass is 9.99. The fourth-order valence-corrected chi connectivity index (χ4v) is 2.04. The average Bonchev–Trinajstić information content (AvgIpc) is 2.28. The maximum absolute atomic E-state index is 13.4. The smallest absolute Gasteiger partial charge is 0.324 e. The van der Waals surface area contributed by atoms with Gasteiger partial charge in [0.2, 0.25) is 0 Å². The first kappa shape index (κ1) is 15.6. The highest BCUT2D eigenvalue weighted by molar-refractivity contribution is 9.10. The molecule has 0 unspecified atom stereocenters. The summed E-state index contributed by atoms with van der Waals surface area (Å²) in [6.45, 7) is 3.51. The van der Waals surface area contributed by atoms with Gasteiger partial charge in [-0.2, -0.15) is 0 Å². The van der Waals surface area contributed by atoms with Crippen molar-refractivity contribution >= 4 is 27.9 Å². The van der Waals surface area contributed by atoms with Gasteiger partial charge in [-0.15, -0.1) is 0 Å². The summed E-state index contributed by atoms with van der Waals surface area (Å²) < 4.78 is 23.4. The highest BCUT2D eigenvalue weighted by atomic mass is 79.9. The zero-order valence-electron chi connectivity index (χ0n) is 10.6. The van der Waals surface area contributed by atoms with Gasteiger partial charge in [0.15, 0.2) is 5.92 Å². The molecule has 6 heteroatoms. The number of hydrogen-bond acceptors (Lipinski definition) is 4. The minimum atomic E-state index is -1.27. The Balaban J connectivity index is 3.14. The number of ether oxygens (including phenoxy) is 2. The number of carbonyl (C=O) groups excluding carboxylic acids is 2. The van der Waals surface area contributed by atoms with Crippen molar-refractivity contribution in [3.8, 4) is 0 Å². The first-order valence-corrected chi connectivity index (χ1v) is 6.58. The van der Waals surface area contributed by atoms with Crippen LogP contribution in [0.25, 0.3) is 0 Å². The number of esters is 2. The van der Waals surface area contributed by atoms with E-state index < -0.39 is 23.7 Å². The summed E-state index contributed by atoms with van der Waals surface area (Å²) in [5, 5.41) is 0. The van der Waals surface area contributed by atoms with E-state index in [1.807, 2.05) is 0 Å². The van der Waals surface area contributed by atoms with Gasteiger partial charge in [-0.25, -0.2) is 4.39 Å². The fraction of sp³-hybridized carbons (Fsp3) is 0.385. The second-order valence-corrected chi connectivity index (χ2v) is 4.56. The van der Waals surface area contributed by atoms with Crippen molar-refractivity contribution < 1.29 is 23.5 Å². The molecule has 0 aliphatic rings. The van der Waals surface area contributed by atoms with Crippen LogP contribution in [0.1, 0.15) is 25.3 Å². The Hall–Kier alpha value is -1.43. The van der Waals surface area contributed by atoms with Crippen LogP contribution in [0.15, 0.2) is 22.7 Å². The molecule has 0 atom stereocenters. The Morgan fingerprint density at radius 2 is 1.68 bits per heavy atom. The lowest BCUT2D eigenvalue weighted by Crippen LogP contribution is -2.26. The number of halogens is 2. The normalized spacial score (nSPS) is 10.4. The van der Waals surface area contributed by atoms with Crippen molar-refractivity contribution in [3.05, 3.63) is 34.1 Å². The largest absolute Gasteiger partial charge is 0.465 e. The summed E-state index contributed by atoms with van der Waals surface area (Å²) in [4.78, 5) is 23.6. The quantitative estimate of drug-likeness (QED) is 0.614. The third-order valence-corrected chi connectivity index (χ3v) is 2.72. The second-order valence-electron chi connectivity index (χ2n) is 3.64. The number of benzene rings is 1. The van der Waals surface area contributed by atoms with E-state index in [-0.39, 0.29) is 18.8 Å². The SMILES string of the molecule is CCOC(=O)C(C(=O)OCC)c1cc(F)cc(Br)c1. The van der Waals surface area contributed by atoms with E-state index >= 15 is 0 Å². The highest BCUT2D eigenvalue weighted by Crippen LogP contribution is 2.24. The predicted octanol–water partition coefficient (Wildman–Crippen LogP) is 2.80. The molecule has 0 aliphatic heterocycles. The van der Waals surface area contributed by atoms with Crippen LogP contribution in [0.3, 0.4) is 0 Å². The molecule has 1 aromatic rings. The van der Waals surface area contributed by atoms with Gasteiger partial charge in [0, 0.05) is 4.47 Å². The number of hydrogen-bond donors (Lipinski definition) is 0. The summed E-state index contributed by atoms with van der Waals surface area (Å²) >= 11 is 3.11. The summed E-state index contributed by atoms with van der Waals surface area (Å²) in [7, 11) is 0. The maximum Gasteiger partial charge on any atom is 0.324 e. The van der Waals surface area contributed by atoms with Gasteiger partial charge >= 0.3 is 11.9 Å². The number of carbonyl (C=O) groups is 2. The van der Waals surface area contributed by atoms with Gasteiger partial charge in [-0.1, -0.05) is 15.9 Å². The first-order valence-electron chi connectivity index (χ1n) is 5.78. The van der Waals surface area contributed by atoms with Gasteiger partial charge in [-0.3, -0.25) is 9.59 Å². The molecule has 0 amide bonds. The molecule has 0 saturated carbocycles. The standard InChI is InChI=1S/C13H14BrFO4/c1-3-18-12(16)11(13(17)19-4-2)8-5-9(14)7-10(15)6-8/h5-7,11H,3-4H2,1-2H3. The van der Waals surface area contributed by atoms with Gasteiger partial charge in [0.25, 0.3) is 0 Å². The van der Waals surface area contributed by atoms with Crippen LogP contribution in [0.4, 0.5) is 4.39 Å². The Morgan fingerprint density at radius 3 is 2.11 bits per heavy atom. The van der Waals surface area contributed by atoms with E-state index in [0.717, 1.165) is 6.07 Å². The van der Waals surface area contributed by atoms with Gasteiger partial charge in [-0.05, 0) is 37.6 Å². The lowest BCUT2D eigenvalue weighted by molar-refractivity contribution is -0.156. The molecule has 0 aromatic heterocycles. The van der Waals surface area contributed by atoms with Crippen molar-refractivity contribution in [2.75, 3.05) is 13.2 Å². The Morgan fingerprint density at radius 1 is 1.16 bits per heavy atom. The fourth-order valence-electron chi connectivity index (χ4n) is 1.56. The molecular weight excluding hydrogens is 319 g/mol. The van der Waals surface area contributed by atoms with Crippen LogP contribution in [0.5, 0.6) is 0 Å². The number of rotatable bonds is 5. The van der Waals surface area contributed by atoms with Crippen LogP contribution in [0, 0.1) is 5.82 Å². The van der Waals surface area contributed by atoms with Gasteiger partial charge in [0.05, 0.1) is 13.2 Å². The third kappa shape index (κ3) is 4.31. The van der Waals surface area contributed by atoms with E-state index in [9.17, 15) is 14.0 Å². The van der Waals surface area contributed by atoms with Crippen molar-refractivity contribution in [1.29, 1.82) is 0 Å². The Bertz CT molecular complexity index is 437. The molecule has 0 radical (unpaired) electrons. The Kier molecular flexibility index (Phi) is 5.95. The zero-order chi connectivity index (χ0) is 14.4. The van der Waals surface area contributed by atoms with Gasteiger partial charge < -0.3 is 9.47 Å². The zero-order valence-corrected chi connectivity index (χ0v) is 12.2. The van der Waals surface area contributed by atoms with Gasteiger partial charge in [0.1, 0.15) is 5.82 Å². The van der Waals surface area contributed by atoms with Crippen LogP contribution in [-0.2, 0) is 19.1 Å². The minimum Gasteiger partial charge on any atom is -0.465 e. The van der Waals surface area contributed by atoms with Crippen LogP contribution in [0.2, 0.25) is 0 Å². The topological polar surface area (TPSA) is 52.6 Å². The summed E-state index contributed by atoms with van der Waals surface area (Å²) in [6.07, 6.45) is 0. The van der Waals surface area contributed by atoms with E-state index in [2.05, 4.69) is 15.9 Å². The van der Waals surface area contributed by atoms with Crippen LogP contribution < -0.4 is 0 Å². The molecule has 0 saturated heterocycles. The molecule has 0 N–H and O–H groups in total. The molecule has 0 aliphatic carbocycles. The summed E-state index contributed by atoms with van der Waals surface area (Å²) in [5.74, 6) is -3.33. The molecule has 19 heavy (non-hydrogen) atoms. The molecule has 104 valence electrons. The average molecular weight is 333 g/mol. The Labute approximate surface area is 119 Å². The van der Waals surface area contributed by atoms with Crippen molar-refractivity contribution in [2.45, 2.75) is 19.8 Å². The molecule has 0 bridgehead atoms. The van der Waals surface area contributed by atoms with Crippen LogP contribution in [-0.4, -0.2) is 25.2 Å². The van der Waals surface area contributed by atoms with Crippen molar-refractivity contribution in [3.63, 3.8) is 0 Å². The monoisotopic (exact) mass is 332 g/mol. The first-order chi connectivity index (χ1) is 8.99. The van der Waals surface area contributed by atoms with Crippen LogP contribution >= 0.6 is 15.9 Å². The van der Waals surface area contributed by atoms with E-state index in [4.69, 9.17) is 9.47 Å². The molecule has 1 rings (SSSR count). The predicted molar refractivity (Wildman–Crippen MR) is 70.1 cm³/mol. The third-order valence-electron chi connectivity index (χ3n) is 2.26. The molecule has 0 heterocycles. The van der Waals surface area contributed by atoms with Crippen molar-refractivity contribution in [1.82, 2.24) is 0 Å². The molecular formula is C13H14BrFO4. The summed E-state index contributed by atoms with van der Waals surface area (Å²) in [6, 6.07) is 3.84. The minimum absolute atomic E-state index is 0.130. The highest BCUT2D eigenvalue weighted by Gasteiger charge is 2.32. The molecule has 0 spiro atoms. The lowest BCUT2D eigenvalue weighted by Gasteiger charge is -2.15. The molecule has 0 fully saturated rings. The molecule has 4 nitrogen and oxygen atoms in total. The van der Waals surface area contributed by atoms with E-state index in [1.54, 1.807) is 13.8 Å². The second kappa shape index (κ2) is 7.23. The molecule has 1 aromatic carbocycles. The summed E-state index contributed by atoms with van der Waals surface area (Å²) in [5.41, 5.74) is 0.198. The maximum atomic E-state index is 13.4. The van der Waals surface area contributed by atoms with E-state index in [1.165, 1.54) is 12.1 Å². The van der Waals surface area contributed by atoms with Crippen molar-refractivity contribution in [2.24, 2.45) is 0 Å². The van der Waals surface area contributed by atoms with E-state index in [0.29, 0.717) is 4.47 Å².